The fourth-order valence-electron chi connectivity index (χ4n) is 3.61. The quantitative estimate of drug-likeness (QED) is 0.622. The van der Waals surface area contributed by atoms with Gasteiger partial charge in [-0.15, -0.1) is 0 Å². The van der Waals surface area contributed by atoms with Crippen molar-refractivity contribution in [3.63, 3.8) is 0 Å². The summed E-state index contributed by atoms with van der Waals surface area (Å²) in [6.45, 7) is 0. The van der Waals surface area contributed by atoms with E-state index in [9.17, 15) is 0 Å². The third-order valence-corrected chi connectivity index (χ3v) is 5.45. The SMILES string of the molecule is Clc1cccc([C@@H]2Nc3c(Br)cccc3[C@H]3C=CC[C@@H]32)c1. The highest BCUT2D eigenvalue weighted by atomic mass is 79.9. The molecule has 1 aliphatic heterocycles. The number of nitrogens with one attached hydrogen (secondary N) is 1. The number of rotatable bonds is 1. The highest BCUT2D eigenvalue weighted by Crippen LogP contribution is 2.51. The Morgan fingerprint density at radius 3 is 2.86 bits per heavy atom. The third kappa shape index (κ3) is 2.21. The van der Waals surface area contributed by atoms with Crippen LogP contribution in [0.1, 0.15) is 29.5 Å². The van der Waals surface area contributed by atoms with Gasteiger partial charge in [-0.2, -0.15) is 0 Å². The van der Waals surface area contributed by atoms with Crippen LogP contribution in [0.15, 0.2) is 59.1 Å². The Bertz CT molecular complexity index is 725. The predicted octanol–water partition coefficient (Wildman–Crippen LogP) is 5.93. The number of fused-ring (bicyclic) bond motifs is 3. The van der Waals surface area contributed by atoms with Crippen molar-refractivity contribution >= 4 is 33.2 Å². The van der Waals surface area contributed by atoms with Crippen LogP contribution in [0, 0.1) is 5.92 Å². The van der Waals surface area contributed by atoms with E-state index in [0.717, 1.165) is 15.9 Å². The van der Waals surface area contributed by atoms with Gasteiger partial charge in [-0.25, -0.2) is 0 Å². The second-order valence-electron chi connectivity index (χ2n) is 5.73. The average Bonchev–Trinajstić information content (AvgIpc) is 2.96. The molecule has 0 bridgehead atoms. The molecule has 1 N–H and O–H groups in total. The van der Waals surface area contributed by atoms with Crippen LogP contribution in [0.5, 0.6) is 0 Å². The summed E-state index contributed by atoms with van der Waals surface area (Å²) in [4.78, 5) is 0. The minimum Gasteiger partial charge on any atom is -0.377 e. The first kappa shape index (κ1) is 13.4. The van der Waals surface area contributed by atoms with Gasteiger partial charge in [0, 0.05) is 15.4 Å². The molecule has 2 aliphatic rings. The number of para-hydroxylation sites is 1. The first-order chi connectivity index (χ1) is 10.2. The lowest BCUT2D eigenvalue weighted by Crippen LogP contribution is -2.29. The van der Waals surface area contributed by atoms with Crippen LogP contribution >= 0.6 is 27.5 Å². The lowest BCUT2D eigenvalue weighted by molar-refractivity contribution is 0.425. The second kappa shape index (κ2) is 5.19. The maximum absolute atomic E-state index is 6.19. The van der Waals surface area contributed by atoms with Gasteiger partial charge in [0.15, 0.2) is 0 Å². The molecule has 0 amide bonds. The van der Waals surface area contributed by atoms with Crippen molar-refractivity contribution in [1.82, 2.24) is 0 Å². The largest absolute Gasteiger partial charge is 0.377 e. The maximum atomic E-state index is 6.19. The van der Waals surface area contributed by atoms with Crippen LogP contribution in [0.3, 0.4) is 0 Å². The molecule has 0 spiro atoms. The molecule has 0 aromatic heterocycles. The number of hydrogen-bond donors (Lipinski definition) is 1. The Morgan fingerprint density at radius 2 is 2.00 bits per heavy atom. The van der Waals surface area contributed by atoms with E-state index in [1.54, 1.807) is 0 Å². The summed E-state index contributed by atoms with van der Waals surface area (Å²) in [5.74, 6) is 1.05. The van der Waals surface area contributed by atoms with Gasteiger partial charge in [-0.05, 0) is 57.6 Å². The molecule has 4 rings (SSSR count). The minimum atomic E-state index is 0.301. The molecule has 0 unspecified atom stereocenters. The Balaban J connectivity index is 1.83. The van der Waals surface area contributed by atoms with Crippen molar-refractivity contribution in [3.8, 4) is 0 Å². The molecule has 0 radical (unpaired) electrons. The summed E-state index contributed by atoms with van der Waals surface area (Å²) in [5, 5.41) is 4.54. The van der Waals surface area contributed by atoms with Gasteiger partial charge in [0.1, 0.15) is 0 Å². The summed E-state index contributed by atoms with van der Waals surface area (Å²) in [7, 11) is 0. The highest BCUT2D eigenvalue weighted by molar-refractivity contribution is 9.10. The molecule has 1 nitrogen and oxygen atoms in total. The van der Waals surface area contributed by atoms with E-state index < -0.39 is 0 Å². The fourth-order valence-corrected chi connectivity index (χ4v) is 4.31. The van der Waals surface area contributed by atoms with E-state index in [-0.39, 0.29) is 0 Å². The number of halogens is 2. The molecule has 21 heavy (non-hydrogen) atoms. The molecule has 0 saturated heterocycles. The van der Waals surface area contributed by atoms with Crippen molar-refractivity contribution < 1.29 is 0 Å². The second-order valence-corrected chi connectivity index (χ2v) is 7.03. The Morgan fingerprint density at radius 1 is 1.14 bits per heavy atom. The van der Waals surface area contributed by atoms with Crippen LogP contribution in [0.25, 0.3) is 0 Å². The molecule has 0 fully saturated rings. The van der Waals surface area contributed by atoms with Crippen LogP contribution < -0.4 is 5.32 Å². The maximum Gasteiger partial charge on any atom is 0.0554 e. The Hall–Kier alpha value is -1.25. The Kier molecular flexibility index (Phi) is 3.31. The molecule has 3 heteroatoms. The number of hydrogen-bond acceptors (Lipinski definition) is 1. The van der Waals surface area contributed by atoms with E-state index in [1.807, 2.05) is 12.1 Å². The van der Waals surface area contributed by atoms with Gasteiger partial charge in [0.2, 0.25) is 0 Å². The van der Waals surface area contributed by atoms with Crippen molar-refractivity contribution in [2.45, 2.75) is 18.4 Å². The van der Waals surface area contributed by atoms with Crippen molar-refractivity contribution in [1.29, 1.82) is 0 Å². The molecule has 2 aromatic rings. The summed E-state index contributed by atoms with van der Waals surface area (Å²) in [6.07, 6.45) is 5.78. The summed E-state index contributed by atoms with van der Waals surface area (Å²) in [5.41, 5.74) is 3.87. The molecule has 3 atom stereocenters. The standard InChI is InChI=1S/C18H15BrClN/c19-16-9-3-8-15-13-6-2-7-14(13)17(21-18(15)16)11-4-1-5-12(20)10-11/h1-6,8-10,13-14,17,21H,7H2/t13-,14-,17-/m0/s1. The monoisotopic (exact) mass is 359 g/mol. The zero-order valence-corrected chi connectivity index (χ0v) is 13.7. The number of benzene rings is 2. The normalized spacial score (nSPS) is 26.1. The van der Waals surface area contributed by atoms with E-state index >= 15 is 0 Å². The van der Waals surface area contributed by atoms with Crippen molar-refractivity contribution in [2.24, 2.45) is 5.92 Å². The summed E-state index contributed by atoms with van der Waals surface area (Å²) < 4.78 is 1.13. The molecule has 2 aromatic carbocycles. The molecular formula is C18H15BrClN. The van der Waals surface area contributed by atoms with Crippen LogP contribution in [-0.4, -0.2) is 0 Å². The highest BCUT2D eigenvalue weighted by Gasteiger charge is 2.38. The summed E-state index contributed by atoms with van der Waals surface area (Å²) >= 11 is 9.87. The van der Waals surface area contributed by atoms with E-state index in [2.05, 4.69) is 63.7 Å². The molecule has 1 heterocycles. The van der Waals surface area contributed by atoms with Gasteiger partial charge >= 0.3 is 0 Å². The van der Waals surface area contributed by atoms with E-state index in [1.165, 1.54) is 16.8 Å². The van der Waals surface area contributed by atoms with Crippen LogP contribution in [0.4, 0.5) is 5.69 Å². The molecule has 0 saturated carbocycles. The fraction of sp³-hybridized carbons (Fsp3) is 0.222. The molecular weight excluding hydrogens is 346 g/mol. The first-order valence-corrected chi connectivity index (χ1v) is 8.38. The van der Waals surface area contributed by atoms with Crippen LogP contribution in [-0.2, 0) is 0 Å². The lowest BCUT2D eigenvalue weighted by Gasteiger charge is -2.38. The molecule has 1 aliphatic carbocycles. The minimum absolute atomic E-state index is 0.301. The number of anilines is 1. The van der Waals surface area contributed by atoms with Gasteiger partial charge in [-0.3, -0.25) is 0 Å². The zero-order valence-electron chi connectivity index (χ0n) is 11.4. The zero-order chi connectivity index (χ0) is 14.4. The van der Waals surface area contributed by atoms with Gasteiger partial charge in [0.25, 0.3) is 0 Å². The first-order valence-electron chi connectivity index (χ1n) is 7.21. The number of allylic oxidation sites excluding steroid dienone is 2. The van der Waals surface area contributed by atoms with Gasteiger partial charge in [-0.1, -0.05) is 48.0 Å². The van der Waals surface area contributed by atoms with Crippen LogP contribution in [0.2, 0.25) is 5.02 Å². The van der Waals surface area contributed by atoms with Gasteiger partial charge < -0.3 is 5.32 Å². The van der Waals surface area contributed by atoms with Crippen molar-refractivity contribution in [2.75, 3.05) is 5.32 Å². The van der Waals surface area contributed by atoms with E-state index in [4.69, 9.17) is 11.6 Å². The summed E-state index contributed by atoms with van der Waals surface area (Å²) in [6, 6.07) is 15.0. The Labute approximate surface area is 138 Å². The molecule has 106 valence electrons. The predicted molar refractivity (Wildman–Crippen MR) is 91.9 cm³/mol. The van der Waals surface area contributed by atoms with E-state index in [0.29, 0.717) is 17.9 Å². The van der Waals surface area contributed by atoms with Crippen molar-refractivity contribution in [3.05, 3.63) is 75.2 Å². The lowest BCUT2D eigenvalue weighted by atomic mass is 9.77. The smallest absolute Gasteiger partial charge is 0.0554 e. The topological polar surface area (TPSA) is 12.0 Å². The van der Waals surface area contributed by atoms with Gasteiger partial charge in [0.05, 0.1) is 11.7 Å². The third-order valence-electron chi connectivity index (χ3n) is 4.55. The average molecular weight is 361 g/mol.